The second kappa shape index (κ2) is 7.98. The summed E-state index contributed by atoms with van der Waals surface area (Å²) in [6, 6.07) is 29.8. The van der Waals surface area contributed by atoms with E-state index in [-0.39, 0.29) is 4.90 Å². The van der Waals surface area contributed by atoms with Gasteiger partial charge in [0.25, 0.3) is 10.0 Å². The number of hydrogen-bond donors (Lipinski definition) is 2. The normalized spacial score (nSPS) is 11.5. The molecule has 6 heteroatoms. The molecule has 0 radical (unpaired) electrons. The number of nitrogens with zero attached hydrogens (tertiary/aromatic N) is 1. The van der Waals surface area contributed by atoms with Gasteiger partial charge in [0.1, 0.15) is 0 Å². The van der Waals surface area contributed by atoms with Crippen molar-refractivity contribution >= 4 is 48.9 Å². The third kappa shape index (κ3) is 3.88. The van der Waals surface area contributed by atoms with E-state index in [0.717, 1.165) is 38.7 Å². The number of aryl methyl sites for hydroxylation is 1. The molecule has 1 heterocycles. The van der Waals surface area contributed by atoms with Crippen molar-refractivity contribution in [2.24, 2.45) is 0 Å². The first kappa shape index (κ1) is 20.0. The lowest BCUT2D eigenvalue weighted by Gasteiger charge is -2.14. The molecule has 0 amide bonds. The Morgan fingerprint density at radius 3 is 2.12 bits per heavy atom. The Balaban J connectivity index is 1.49. The zero-order valence-corrected chi connectivity index (χ0v) is 18.2. The number of fused-ring (bicyclic) bond motifs is 2. The molecule has 0 bridgehead atoms. The Kier molecular flexibility index (Phi) is 4.99. The van der Waals surface area contributed by atoms with E-state index in [9.17, 15) is 8.42 Å². The van der Waals surface area contributed by atoms with Crippen molar-refractivity contribution in [3.05, 3.63) is 103 Å². The fourth-order valence-corrected chi connectivity index (χ4v) is 4.80. The van der Waals surface area contributed by atoms with Crippen LogP contribution in [-0.2, 0) is 10.0 Å². The maximum Gasteiger partial charge on any atom is 0.261 e. The molecule has 1 aromatic heterocycles. The summed E-state index contributed by atoms with van der Waals surface area (Å²) < 4.78 is 27.8. The predicted molar refractivity (Wildman–Crippen MR) is 131 cm³/mol. The molecule has 0 saturated heterocycles. The number of rotatable bonds is 5. The Morgan fingerprint density at radius 2 is 1.34 bits per heavy atom. The molecule has 0 aliphatic rings. The van der Waals surface area contributed by atoms with Gasteiger partial charge in [-0.2, -0.15) is 0 Å². The van der Waals surface area contributed by atoms with E-state index < -0.39 is 10.0 Å². The average Bonchev–Trinajstić information content (AvgIpc) is 2.81. The number of sulfonamides is 1. The Bertz CT molecular complexity index is 1530. The Labute approximate surface area is 186 Å². The summed E-state index contributed by atoms with van der Waals surface area (Å²) in [5.41, 5.74) is 5.32. The van der Waals surface area contributed by atoms with E-state index in [1.165, 1.54) is 0 Å². The molecule has 0 saturated carbocycles. The largest absolute Gasteiger partial charge is 0.354 e. The molecule has 4 aromatic carbocycles. The van der Waals surface area contributed by atoms with Crippen molar-refractivity contribution in [1.29, 1.82) is 0 Å². The summed E-state index contributed by atoms with van der Waals surface area (Å²) in [6.07, 6.45) is 0. The fourth-order valence-electron chi connectivity index (χ4n) is 3.72. The third-order valence-corrected chi connectivity index (χ3v) is 6.69. The molecule has 0 aliphatic carbocycles. The smallest absolute Gasteiger partial charge is 0.261 e. The van der Waals surface area contributed by atoms with Gasteiger partial charge in [0.15, 0.2) is 0 Å². The number of anilines is 3. The number of nitrogens with one attached hydrogen (secondary N) is 2. The molecular weight excluding hydrogens is 418 g/mol. The fraction of sp³-hybridized carbons (Fsp3) is 0.0385. The van der Waals surface area contributed by atoms with E-state index in [1.807, 2.05) is 36.4 Å². The van der Waals surface area contributed by atoms with E-state index in [1.54, 1.807) is 42.5 Å². The van der Waals surface area contributed by atoms with Gasteiger partial charge in [0.2, 0.25) is 0 Å². The van der Waals surface area contributed by atoms with Gasteiger partial charge in [0, 0.05) is 22.1 Å². The van der Waals surface area contributed by atoms with Crippen LogP contribution in [0.25, 0.3) is 21.8 Å². The van der Waals surface area contributed by atoms with Crippen LogP contribution < -0.4 is 10.0 Å². The SMILES string of the molecule is Cc1ccc2nc3ccccc3c(Nc3ccc(NS(=O)(=O)c4ccccc4)cc3)c2c1. The lowest BCUT2D eigenvalue weighted by atomic mass is 10.1. The van der Waals surface area contributed by atoms with Crippen LogP contribution in [0, 0.1) is 6.92 Å². The summed E-state index contributed by atoms with van der Waals surface area (Å²) in [4.78, 5) is 5.02. The Hall–Kier alpha value is -3.90. The highest BCUT2D eigenvalue weighted by Gasteiger charge is 2.14. The summed E-state index contributed by atoms with van der Waals surface area (Å²) in [5, 5.41) is 5.59. The van der Waals surface area contributed by atoms with E-state index in [0.29, 0.717) is 5.69 Å². The lowest BCUT2D eigenvalue weighted by molar-refractivity contribution is 0.601. The third-order valence-electron chi connectivity index (χ3n) is 5.30. The molecule has 5 rings (SSSR count). The first-order valence-electron chi connectivity index (χ1n) is 10.2. The van der Waals surface area contributed by atoms with Crippen LogP contribution in [0.3, 0.4) is 0 Å². The van der Waals surface area contributed by atoms with Gasteiger partial charge in [-0.1, -0.05) is 48.0 Å². The molecular formula is C26H21N3O2S. The van der Waals surface area contributed by atoms with Crippen LogP contribution in [0.5, 0.6) is 0 Å². The van der Waals surface area contributed by atoms with Gasteiger partial charge in [-0.15, -0.1) is 0 Å². The predicted octanol–water partition coefficient (Wildman–Crippen LogP) is 6.24. The highest BCUT2D eigenvalue weighted by Crippen LogP contribution is 2.34. The summed E-state index contributed by atoms with van der Waals surface area (Å²) in [5.74, 6) is 0. The van der Waals surface area contributed by atoms with Gasteiger partial charge in [-0.3, -0.25) is 4.72 Å². The molecule has 5 aromatic rings. The molecule has 0 atom stereocenters. The quantitative estimate of drug-likeness (QED) is 0.318. The molecule has 0 aliphatic heterocycles. The highest BCUT2D eigenvalue weighted by molar-refractivity contribution is 7.92. The number of aromatic nitrogens is 1. The topological polar surface area (TPSA) is 71.1 Å². The second-order valence-corrected chi connectivity index (χ2v) is 9.33. The van der Waals surface area contributed by atoms with Gasteiger partial charge in [-0.05, 0) is 61.5 Å². The zero-order valence-electron chi connectivity index (χ0n) is 17.4. The number of benzene rings is 4. The van der Waals surface area contributed by atoms with Crippen molar-refractivity contribution in [2.45, 2.75) is 11.8 Å². The monoisotopic (exact) mass is 439 g/mol. The van der Waals surface area contributed by atoms with E-state index in [4.69, 9.17) is 4.98 Å². The zero-order chi connectivity index (χ0) is 22.1. The number of hydrogen-bond acceptors (Lipinski definition) is 4. The van der Waals surface area contributed by atoms with Gasteiger partial charge in [-0.25, -0.2) is 13.4 Å². The molecule has 2 N–H and O–H groups in total. The van der Waals surface area contributed by atoms with Crippen molar-refractivity contribution < 1.29 is 8.42 Å². The minimum atomic E-state index is -3.63. The molecule has 0 fully saturated rings. The molecule has 0 spiro atoms. The van der Waals surface area contributed by atoms with E-state index >= 15 is 0 Å². The van der Waals surface area contributed by atoms with Gasteiger partial charge >= 0.3 is 0 Å². The van der Waals surface area contributed by atoms with Crippen molar-refractivity contribution in [1.82, 2.24) is 4.98 Å². The molecule has 0 unspecified atom stereocenters. The summed E-state index contributed by atoms with van der Waals surface area (Å²) in [7, 11) is -3.63. The van der Waals surface area contributed by atoms with E-state index in [2.05, 4.69) is 35.2 Å². The number of para-hydroxylation sites is 1. The highest BCUT2D eigenvalue weighted by atomic mass is 32.2. The molecule has 5 nitrogen and oxygen atoms in total. The van der Waals surface area contributed by atoms with Crippen LogP contribution in [-0.4, -0.2) is 13.4 Å². The maximum atomic E-state index is 12.6. The van der Waals surface area contributed by atoms with Crippen molar-refractivity contribution in [2.75, 3.05) is 10.0 Å². The van der Waals surface area contributed by atoms with Crippen molar-refractivity contribution in [3.8, 4) is 0 Å². The number of pyridine rings is 1. The van der Waals surface area contributed by atoms with Crippen LogP contribution >= 0.6 is 0 Å². The second-order valence-electron chi connectivity index (χ2n) is 7.65. The van der Waals surface area contributed by atoms with Crippen molar-refractivity contribution in [3.63, 3.8) is 0 Å². The first-order chi connectivity index (χ1) is 15.5. The lowest BCUT2D eigenvalue weighted by Crippen LogP contribution is -2.12. The van der Waals surface area contributed by atoms with Crippen LogP contribution in [0.2, 0.25) is 0 Å². The van der Waals surface area contributed by atoms with Gasteiger partial charge < -0.3 is 5.32 Å². The standard InChI is InChI=1S/C26H21N3O2S/c1-18-11-16-25-23(17-18)26(22-9-5-6-10-24(22)28-25)27-19-12-14-20(15-13-19)29-32(30,31)21-7-3-2-4-8-21/h2-17,29H,1H3,(H,27,28). The Morgan fingerprint density at radius 1 is 0.688 bits per heavy atom. The minimum absolute atomic E-state index is 0.229. The first-order valence-corrected chi connectivity index (χ1v) is 11.7. The average molecular weight is 440 g/mol. The summed E-state index contributed by atoms with van der Waals surface area (Å²) >= 11 is 0. The van der Waals surface area contributed by atoms with Crippen LogP contribution in [0.4, 0.5) is 17.1 Å². The van der Waals surface area contributed by atoms with Crippen LogP contribution in [0.1, 0.15) is 5.56 Å². The maximum absolute atomic E-state index is 12.6. The molecule has 32 heavy (non-hydrogen) atoms. The molecule has 158 valence electrons. The van der Waals surface area contributed by atoms with Gasteiger partial charge in [0.05, 0.1) is 21.6 Å². The summed E-state index contributed by atoms with van der Waals surface area (Å²) in [6.45, 7) is 2.06. The minimum Gasteiger partial charge on any atom is -0.354 e. The van der Waals surface area contributed by atoms with Crippen LogP contribution in [0.15, 0.2) is 102 Å².